The fourth-order valence-corrected chi connectivity index (χ4v) is 2.10. The van der Waals surface area contributed by atoms with Crippen LogP contribution in [0.2, 0.25) is 0 Å². The van der Waals surface area contributed by atoms with Gasteiger partial charge in [0, 0.05) is 19.1 Å². The smallest absolute Gasteiger partial charge is 0.0678 e. The number of hydrogen-bond acceptors (Lipinski definition) is 3. The maximum absolute atomic E-state index is 5.72. The molecule has 84 valence electrons. The summed E-state index contributed by atoms with van der Waals surface area (Å²) in [7, 11) is 0. The Kier molecular flexibility index (Phi) is 4.85. The summed E-state index contributed by atoms with van der Waals surface area (Å²) in [5.74, 6) is 0. The molecule has 3 heteroatoms. The summed E-state index contributed by atoms with van der Waals surface area (Å²) in [6.07, 6.45) is 3.10. The van der Waals surface area contributed by atoms with Gasteiger partial charge in [0.15, 0.2) is 0 Å². The van der Waals surface area contributed by atoms with Crippen molar-refractivity contribution in [2.24, 2.45) is 5.73 Å². The molecule has 1 aliphatic heterocycles. The molecule has 3 atom stereocenters. The van der Waals surface area contributed by atoms with Crippen molar-refractivity contribution >= 4 is 0 Å². The van der Waals surface area contributed by atoms with E-state index in [0.717, 1.165) is 19.5 Å². The Morgan fingerprint density at radius 1 is 1.36 bits per heavy atom. The summed E-state index contributed by atoms with van der Waals surface area (Å²) in [6, 6.07) is 0.339. The highest BCUT2D eigenvalue weighted by Gasteiger charge is 2.21. The SMILES string of the molecule is CC(N)CCCN1C[C@@H](C)O[C@@H](C)C1. The Labute approximate surface area is 87.6 Å². The van der Waals surface area contributed by atoms with Crippen LogP contribution in [0.25, 0.3) is 0 Å². The molecule has 0 radical (unpaired) electrons. The molecule has 2 N–H and O–H groups in total. The third-order valence-corrected chi connectivity index (χ3v) is 2.63. The standard InChI is InChI=1S/C11H24N2O/c1-9(12)5-4-6-13-7-10(2)14-11(3)8-13/h9-11H,4-8,12H2,1-3H3/t9?,10-,11+. The first kappa shape index (κ1) is 12.0. The van der Waals surface area contributed by atoms with Crippen molar-refractivity contribution in [2.45, 2.75) is 51.9 Å². The zero-order chi connectivity index (χ0) is 10.6. The second kappa shape index (κ2) is 5.69. The average molecular weight is 200 g/mol. The van der Waals surface area contributed by atoms with E-state index < -0.39 is 0 Å². The zero-order valence-corrected chi connectivity index (χ0v) is 9.70. The second-order valence-electron chi connectivity index (χ2n) is 4.64. The zero-order valence-electron chi connectivity index (χ0n) is 9.70. The van der Waals surface area contributed by atoms with Crippen molar-refractivity contribution in [3.63, 3.8) is 0 Å². The Morgan fingerprint density at radius 2 is 1.93 bits per heavy atom. The van der Waals surface area contributed by atoms with Crippen LogP contribution in [0.15, 0.2) is 0 Å². The number of nitrogens with two attached hydrogens (primary N) is 1. The van der Waals surface area contributed by atoms with Gasteiger partial charge in [-0.2, -0.15) is 0 Å². The maximum atomic E-state index is 5.72. The van der Waals surface area contributed by atoms with E-state index in [0.29, 0.717) is 18.2 Å². The van der Waals surface area contributed by atoms with E-state index in [1.54, 1.807) is 0 Å². The minimum absolute atomic E-state index is 0.339. The molecule has 14 heavy (non-hydrogen) atoms. The van der Waals surface area contributed by atoms with E-state index in [-0.39, 0.29) is 0 Å². The van der Waals surface area contributed by atoms with Crippen LogP contribution >= 0.6 is 0 Å². The summed E-state index contributed by atoms with van der Waals surface area (Å²) in [6.45, 7) is 9.68. The molecule has 0 aromatic heterocycles. The number of morpholine rings is 1. The van der Waals surface area contributed by atoms with Crippen molar-refractivity contribution in [2.75, 3.05) is 19.6 Å². The molecule has 0 aromatic carbocycles. The van der Waals surface area contributed by atoms with E-state index >= 15 is 0 Å². The van der Waals surface area contributed by atoms with E-state index in [1.807, 2.05) is 0 Å². The highest BCUT2D eigenvalue weighted by molar-refractivity contribution is 4.73. The van der Waals surface area contributed by atoms with Crippen molar-refractivity contribution in [3.8, 4) is 0 Å². The topological polar surface area (TPSA) is 38.5 Å². The number of rotatable bonds is 4. The fourth-order valence-electron chi connectivity index (χ4n) is 2.10. The van der Waals surface area contributed by atoms with Crippen LogP contribution < -0.4 is 5.73 Å². The molecular weight excluding hydrogens is 176 g/mol. The van der Waals surface area contributed by atoms with Gasteiger partial charge in [-0.1, -0.05) is 0 Å². The van der Waals surface area contributed by atoms with E-state index in [9.17, 15) is 0 Å². The summed E-state index contributed by atoms with van der Waals surface area (Å²) in [4.78, 5) is 2.49. The van der Waals surface area contributed by atoms with E-state index in [1.165, 1.54) is 13.0 Å². The first-order valence-corrected chi connectivity index (χ1v) is 5.71. The van der Waals surface area contributed by atoms with Gasteiger partial charge in [0.1, 0.15) is 0 Å². The van der Waals surface area contributed by atoms with Crippen molar-refractivity contribution in [3.05, 3.63) is 0 Å². The van der Waals surface area contributed by atoms with Gasteiger partial charge in [-0.3, -0.25) is 4.90 Å². The minimum Gasteiger partial charge on any atom is -0.373 e. The first-order chi connectivity index (χ1) is 6.58. The predicted molar refractivity (Wildman–Crippen MR) is 59.3 cm³/mol. The highest BCUT2D eigenvalue weighted by atomic mass is 16.5. The van der Waals surface area contributed by atoms with Gasteiger partial charge in [-0.25, -0.2) is 0 Å². The maximum Gasteiger partial charge on any atom is 0.0678 e. The summed E-state index contributed by atoms with van der Waals surface area (Å²) in [5, 5.41) is 0. The van der Waals surface area contributed by atoms with Crippen LogP contribution in [-0.2, 0) is 4.74 Å². The molecule has 0 bridgehead atoms. The third-order valence-electron chi connectivity index (χ3n) is 2.63. The van der Waals surface area contributed by atoms with Gasteiger partial charge in [-0.15, -0.1) is 0 Å². The van der Waals surface area contributed by atoms with Crippen molar-refractivity contribution in [1.82, 2.24) is 4.90 Å². The van der Waals surface area contributed by atoms with Crippen LogP contribution in [-0.4, -0.2) is 42.8 Å². The Balaban J connectivity index is 2.17. The van der Waals surface area contributed by atoms with Gasteiger partial charge in [0.25, 0.3) is 0 Å². The lowest BCUT2D eigenvalue weighted by Gasteiger charge is -2.35. The van der Waals surface area contributed by atoms with Gasteiger partial charge in [0.2, 0.25) is 0 Å². The predicted octanol–water partition coefficient (Wildman–Crippen LogP) is 1.22. The minimum atomic E-state index is 0.339. The normalized spacial score (nSPS) is 31.7. The van der Waals surface area contributed by atoms with Crippen molar-refractivity contribution < 1.29 is 4.74 Å². The molecule has 1 rings (SSSR count). The Morgan fingerprint density at radius 3 is 2.43 bits per heavy atom. The molecule has 0 aliphatic carbocycles. The van der Waals surface area contributed by atoms with Crippen LogP contribution in [0.1, 0.15) is 33.6 Å². The highest BCUT2D eigenvalue weighted by Crippen LogP contribution is 2.11. The van der Waals surface area contributed by atoms with Gasteiger partial charge in [0.05, 0.1) is 12.2 Å². The summed E-state index contributed by atoms with van der Waals surface area (Å²) >= 11 is 0. The number of hydrogen-bond donors (Lipinski definition) is 1. The monoisotopic (exact) mass is 200 g/mol. The fraction of sp³-hybridized carbons (Fsp3) is 1.00. The van der Waals surface area contributed by atoms with Crippen molar-refractivity contribution in [1.29, 1.82) is 0 Å². The summed E-state index contributed by atoms with van der Waals surface area (Å²) in [5.41, 5.74) is 5.72. The molecule has 0 aromatic rings. The lowest BCUT2D eigenvalue weighted by Crippen LogP contribution is -2.45. The van der Waals surface area contributed by atoms with E-state index in [2.05, 4.69) is 25.7 Å². The molecule has 0 spiro atoms. The average Bonchev–Trinajstić information content (AvgIpc) is 2.01. The lowest BCUT2D eigenvalue weighted by atomic mass is 10.1. The van der Waals surface area contributed by atoms with Gasteiger partial charge < -0.3 is 10.5 Å². The Bertz CT molecular complexity index is 151. The third kappa shape index (κ3) is 4.40. The largest absolute Gasteiger partial charge is 0.373 e. The quantitative estimate of drug-likeness (QED) is 0.741. The lowest BCUT2D eigenvalue weighted by molar-refractivity contribution is -0.0682. The molecule has 3 nitrogen and oxygen atoms in total. The van der Waals surface area contributed by atoms with Gasteiger partial charge in [-0.05, 0) is 40.2 Å². The first-order valence-electron chi connectivity index (χ1n) is 5.71. The molecule has 0 saturated carbocycles. The molecule has 0 amide bonds. The number of ether oxygens (including phenoxy) is 1. The van der Waals surface area contributed by atoms with E-state index in [4.69, 9.17) is 10.5 Å². The molecule has 1 unspecified atom stereocenters. The second-order valence-corrected chi connectivity index (χ2v) is 4.64. The van der Waals surface area contributed by atoms with Crippen LogP contribution in [0.5, 0.6) is 0 Å². The summed E-state index contributed by atoms with van der Waals surface area (Å²) < 4.78 is 5.68. The van der Waals surface area contributed by atoms with Gasteiger partial charge >= 0.3 is 0 Å². The molecule has 1 fully saturated rings. The molecular formula is C11H24N2O. The van der Waals surface area contributed by atoms with Crippen LogP contribution in [0.4, 0.5) is 0 Å². The molecule has 1 heterocycles. The Hall–Kier alpha value is -0.120. The molecule has 1 aliphatic rings. The van der Waals surface area contributed by atoms with Crippen LogP contribution in [0, 0.1) is 0 Å². The number of nitrogens with zero attached hydrogens (tertiary/aromatic N) is 1. The molecule has 1 saturated heterocycles. The van der Waals surface area contributed by atoms with Crippen LogP contribution in [0.3, 0.4) is 0 Å².